The minimum absolute atomic E-state index is 0. The number of hydrogen-bond acceptors (Lipinski definition) is 3. The van der Waals surface area contributed by atoms with Crippen molar-refractivity contribution >= 4 is 17.3 Å². The Morgan fingerprint density at radius 2 is 2.25 bits per heavy atom. The molecule has 0 aliphatic rings. The van der Waals surface area contributed by atoms with E-state index in [1.165, 1.54) is 11.3 Å². The van der Waals surface area contributed by atoms with Crippen molar-refractivity contribution in [3.05, 3.63) is 41.0 Å². The Bertz CT molecular complexity index is 516. The van der Waals surface area contributed by atoms with Crippen LogP contribution in [0.25, 0.3) is 10.4 Å². The summed E-state index contributed by atoms with van der Waals surface area (Å²) < 4.78 is 0. The van der Waals surface area contributed by atoms with E-state index in [9.17, 15) is 4.79 Å². The maximum absolute atomic E-state index is 10.7. The summed E-state index contributed by atoms with van der Waals surface area (Å²) in [4.78, 5) is 15.4. The molecule has 0 unspecified atom stereocenters. The summed E-state index contributed by atoms with van der Waals surface area (Å²) in [6.07, 6.45) is 1.60. The third kappa shape index (κ3) is 2.73. The topological polar surface area (TPSA) is 50.2 Å². The van der Waals surface area contributed by atoms with E-state index in [1.54, 1.807) is 6.20 Å². The number of aryl methyl sites for hydroxylation is 1. The van der Waals surface area contributed by atoms with Crippen molar-refractivity contribution in [3.8, 4) is 10.4 Å². The Balaban J connectivity index is 0.00000128. The molecule has 0 saturated carbocycles. The van der Waals surface area contributed by atoms with Crippen LogP contribution in [0.2, 0.25) is 0 Å². The van der Waals surface area contributed by atoms with Crippen molar-refractivity contribution in [3.63, 3.8) is 0 Å². The van der Waals surface area contributed by atoms with Gasteiger partial charge in [0.1, 0.15) is 0 Å². The monoisotopic (exact) mass is 227 g/mol. The first-order valence-corrected chi connectivity index (χ1v) is 5.24. The molecule has 3 nitrogen and oxygen atoms in total. The van der Waals surface area contributed by atoms with Gasteiger partial charge in [-0.1, -0.05) is 29.8 Å². The Labute approximate surface area is 111 Å². The van der Waals surface area contributed by atoms with Crippen LogP contribution in [-0.2, 0) is 0 Å². The molecule has 0 radical (unpaired) electrons. The zero-order valence-corrected chi connectivity index (χ0v) is 9.91. The summed E-state index contributed by atoms with van der Waals surface area (Å²) in [5, 5.41) is 8.88. The standard InChI is InChI=1S/C11H9NO2S.Li.H/c1-7-3-2-4-8(5-7)9-6-12-10(15-9)11(13)14;;/h2-6H,1H3,(H,13,14);;/q;+1;-1. The van der Waals surface area contributed by atoms with Crippen LogP contribution in [0.4, 0.5) is 0 Å². The number of thiazole rings is 1. The van der Waals surface area contributed by atoms with Gasteiger partial charge in [0.2, 0.25) is 5.01 Å². The van der Waals surface area contributed by atoms with Crippen molar-refractivity contribution in [1.29, 1.82) is 0 Å². The minimum atomic E-state index is -0.973. The average molecular weight is 227 g/mol. The molecule has 1 N–H and O–H groups in total. The number of aromatic nitrogens is 1. The van der Waals surface area contributed by atoms with Gasteiger partial charge in [0.15, 0.2) is 0 Å². The van der Waals surface area contributed by atoms with Gasteiger partial charge in [-0.15, -0.1) is 11.3 Å². The molecule has 0 aliphatic heterocycles. The third-order valence-corrected chi connectivity index (χ3v) is 3.03. The van der Waals surface area contributed by atoms with Crippen molar-refractivity contribution in [2.24, 2.45) is 0 Å². The fourth-order valence-electron chi connectivity index (χ4n) is 1.30. The summed E-state index contributed by atoms with van der Waals surface area (Å²) in [6.45, 7) is 2.00. The molecule has 5 heteroatoms. The largest absolute Gasteiger partial charge is 1.00 e. The number of carbonyl (C=O) groups is 1. The summed E-state index contributed by atoms with van der Waals surface area (Å²) >= 11 is 1.19. The normalized spacial score (nSPS) is 9.56. The van der Waals surface area contributed by atoms with E-state index in [0.29, 0.717) is 0 Å². The smallest absolute Gasteiger partial charge is 1.00 e. The number of nitrogens with zero attached hydrogens (tertiary/aromatic N) is 1. The molecule has 16 heavy (non-hydrogen) atoms. The Morgan fingerprint density at radius 3 is 2.81 bits per heavy atom. The van der Waals surface area contributed by atoms with Crippen LogP contribution in [0.3, 0.4) is 0 Å². The average Bonchev–Trinajstić information content (AvgIpc) is 2.66. The van der Waals surface area contributed by atoms with E-state index < -0.39 is 5.97 Å². The zero-order valence-electron chi connectivity index (χ0n) is 10.1. The Hall–Kier alpha value is -1.08. The van der Waals surface area contributed by atoms with Gasteiger partial charge in [-0.2, -0.15) is 0 Å². The molecule has 0 atom stereocenters. The van der Waals surface area contributed by atoms with Crippen molar-refractivity contribution in [1.82, 2.24) is 4.98 Å². The third-order valence-electron chi connectivity index (χ3n) is 1.99. The second kappa shape index (κ2) is 5.31. The summed E-state index contributed by atoms with van der Waals surface area (Å²) in [5.74, 6) is -0.973. The molecular formula is C11H10LiNO2S. The quantitative estimate of drug-likeness (QED) is 0.731. The summed E-state index contributed by atoms with van der Waals surface area (Å²) in [7, 11) is 0. The molecule has 78 valence electrons. The number of carboxylic acids is 1. The zero-order chi connectivity index (χ0) is 10.8. The molecule has 0 amide bonds. The van der Waals surface area contributed by atoms with Crippen LogP contribution in [0.5, 0.6) is 0 Å². The second-order valence-corrected chi connectivity index (χ2v) is 4.23. The molecule has 0 fully saturated rings. The van der Waals surface area contributed by atoms with Gasteiger partial charge in [0.05, 0.1) is 4.88 Å². The maximum Gasteiger partial charge on any atom is 1.00 e. The van der Waals surface area contributed by atoms with Gasteiger partial charge in [-0.05, 0) is 12.5 Å². The number of carboxylic acid groups (broad SMARTS) is 1. The Morgan fingerprint density at radius 1 is 1.50 bits per heavy atom. The maximum atomic E-state index is 10.7. The van der Waals surface area contributed by atoms with Crippen molar-refractivity contribution in [2.75, 3.05) is 0 Å². The van der Waals surface area contributed by atoms with Gasteiger partial charge in [-0.3, -0.25) is 0 Å². The summed E-state index contributed by atoms with van der Waals surface area (Å²) in [6, 6.07) is 7.92. The first-order valence-electron chi connectivity index (χ1n) is 4.43. The molecule has 0 bridgehead atoms. The van der Waals surface area contributed by atoms with E-state index in [2.05, 4.69) is 4.98 Å². The van der Waals surface area contributed by atoms with Crippen LogP contribution < -0.4 is 18.9 Å². The van der Waals surface area contributed by atoms with Crippen molar-refractivity contribution in [2.45, 2.75) is 6.92 Å². The van der Waals surface area contributed by atoms with Crippen LogP contribution in [0, 0.1) is 6.92 Å². The number of benzene rings is 1. The SMILES string of the molecule is Cc1cccc(-c2cnc(C(=O)O)s2)c1.[H-].[Li+]. The van der Waals surface area contributed by atoms with E-state index in [0.717, 1.165) is 16.0 Å². The minimum Gasteiger partial charge on any atom is -1.00 e. The molecule has 0 aliphatic carbocycles. The fraction of sp³-hybridized carbons (Fsp3) is 0.0909. The Kier molecular flexibility index (Phi) is 4.31. The van der Waals surface area contributed by atoms with Crippen LogP contribution >= 0.6 is 11.3 Å². The molecular weight excluding hydrogens is 217 g/mol. The van der Waals surface area contributed by atoms with E-state index in [-0.39, 0.29) is 25.3 Å². The van der Waals surface area contributed by atoms with Crippen LogP contribution in [0.15, 0.2) is 30.5 Å². The second-order valence-electron chi connectivity index (χ2n) is 3.20. The van der Waals surface area contributed by atoms with Gasteiger partial charge in [-0.25, -0.2) is 9.78 Å². The predicted molar refractivity (Wildman–Crippen MR) is 60.4 cm³/mol. The molecule has 0 spiro atoms. The molecule has 1 aromatic carbocycles. The molecule has 1 heterocycles. The van der Waals surface area contributed by atoms with Gasteiger partial charge in [0.25, 0.3) is 0 Å². The number of rotatable bonds is 2. The molecule has 1 aromatic heterocycles. The fourth-order valence-corrected chi connectivity index (χ4v) is 2.06. The van der Waals surface area contributed by atoms with Crippen LogP contribution in [-0.4, -0.2) is 16.1 Å². The van der Waals surface area contributed by atoms with Gasteiger partial charge in [0, 0.05) is 6.20 Å². The van der Waals surface area contributed by atoms with Crippen molar-refractivity contribution < 1.29 is 30.2 Å². The van der Waals surface area contributed by atoms with Gasteiger partial charge >= 0.3 is 24.8 Å². The first kappa shape index (κ1) is 13.0. The van der Waals surface area contributed by atoms with Gasteiger partial charge < -0.3 is 6.53 Å². The summed E-state index contributed by atoms with van der Waals surface area (Å²) in [5.41, 5.74) is 2.16. The van der Waals surface area contributed by atoms with Crippen LogP contribution in [0.1, 0.15) is 16.8 Å². The van der Waals surface area contributed by atoms with E-state index >= 15 is 0 Å². The van der Waals surface area contributed by atoms with E-state index in [4.69, 9.17) is 5.11 Å². The van der Waals surface area contributed by atoms with E-state index in [1.807, 2.05) is 31.2 Å². The first-order chi connectivity index (χ1) is 7.16. The predicted octanol–water partition coefficient (Wildman–Crippen LogP) is -0.0668. The molecule has 2 aromatic rings. The molecule has 0 saturated heterocycles. The number of hydrogen-bond donors (Lipinski definition) is 1. The molecule has 2 rings (SSSR count). The number of aromatic carboxylic acids is 1.